The summed E-state index contributed by atoms with van der Waals surface area (Å²) in [5.74, 6) is 0. The van der Waals surface area contributed by atoms with Crippen LogP contribution in [0.1, 0.15) is 25.7 Å². The number of rotatable bonds is 1. The van der Waals surface area contributed by atoms with Crippen LogP contribution in [-0.4, -0.2) is 53.0 Å². The minimum atomic E-state index is 0. The summed E-state index contributed by atoms with van der Waals surface area (Å²) < 4.78 is 0. The fourth-order valence-electron chi connectivity index (χ4n) is 1.20. The summed E-state index contributed by atoms with van der Waals surface area (Å²) in [6.45, 7) is 2.37. The zero-order valence-electron chi connectivity index (χ0n) is 5.68. The Hall–Kier alpha value is 0.890. The average molecular weight is 167 g/mol. The Morgan fingerprint density at radius 3 is 1.90 bits per heavy atom. The average Bonchev–Trinajstić information content (AvgIpc) is 2.13. The SMILES string of the molecule is S=CN1CCCCCC1.[NaH]. The normalized spacial score (nSPS) is 19.0. The van der Waals surface area contributed by atoms with Crippen LogP contribution in [0.15, 0.2) is 0 Å². The summed E-state index contributed by atoms with van der Waals surface area (Å²) in [7, 11) is 0. The van der Waals surface area contributed by atoms with Gasteiger partial charge in [-0.15, -0.1) is 0 Å². The van der Waals surface area contributed by atoms with Crippen molar-refractivity contribution in [2.45, 2.75) is 25.7 Å². The van der Waals surface area contributed by atoms with Gasteiger partial charge in [0.05, 0.1) is 5.49 Å². The molecule has 1 nitrogen and oxygen atoms in total. The molecule has 0 spiro atoms. The van der Waals surface area contributed by atoms with Crippen LogP contribution >= 0.6 is 12.2 Å². The van der Waals surface area contributed by atoms with Gasteiger partial charge in [0.25, 0.3) is 0 Å². The summed E-state index contributed by atoms with van der Waals surface area (Å²) in [5, 5.41) is 0. The van der Waals surface area contributed by atoms with E-state index in [4.69, 9.17) is 12.2 Å². The van der Waals surface area contributed by atoms with Gasteiger partial charge in [-0.25, -0.2) is 0 Å². The van der Waals surface area contributed by atoms with Crippen molar-refractivity contribution in [1.29, 1.82) is 0 Å². The van der Waals surface area contributed by atoms with Gasteiger partial charge in [0.1, 0.15) is 0 Å². The van der Waals surface area contributed by atoms with Crippen LogP contribution in [0.2, 0.25) is 0 Å². The molecule has 1 fully saturated rings. The fourth-order valence-corrected chi connectivity index (χ4v) is 1.41. The van der Waals surface area contributed by atoms with E-state index >= 15 is 0 Å². The molecule has 1 saturated heterocycles. The van der Waals surface area contributed by atoms with Gasteiger partial charge in [-0.05, 0) is 12.8 Å². The fraction of sp³-hybridized carbons (Fsp3) is 0.857. The van der Waals surface area contributed by atoms with Gasteiger partial charge >= 0.3 is 29.6 Å². The van der Waals surface area contributed by atoms with E-state index in [1.54, 1.807) is 5.49 Å². The van der Waals surface area contributed by atoms with Crippen LogP contribution in [0.4, 0.5) is 0 Å². The van der Waals surface area contributed by atoms with Gasteiger partial charge in [-0.3, -0.25) is 0 Å². The van der Waals surface area contributed by atoms with E-state index in [0.717, 1.165) is 0 Å². The van der Waals surface area contributed by atoms with E-state index in [1.807, 2.05) is 0 Å². The van der Waals surface area contributed by atoms with E-state index in [1.165, 1.54) is 38.8 Å². The van der Waals surface area contributed by atoms with Crippen molar-refractivity contribution in [3.05, 3.63) is 0 Å². The first kappa shape index (κ1) is 10.9. The molecule has 0 aromatic rings. The first-order valence-electron chi connectivity index (χ1n) is 3.63. The van der Waals surface area contributed by atoms with Crippen LogP contribution in [0.5, 0.6) is 0 Å². The molecule has 0 radical (unpaired) electrons. The van der Waals surface area contributed by atoms with Crippen molar-refractivity contribution in [2.24, 2.45) is 0 Å². The van der Waals surface area contributed by atoms with Crippen LogP contribution in [0.25, 0.3) is 0 Å². The second kappa shape index (κ2) is 6.59. The first-order valence-corrected chi connectivity index (χ1v) is 4.10. The third-order valence-corrected chi connectivity index (χ3v) is 2.09. The van der Waals surface area contributed by atoms with Crippen molar-refractivity contribution in [3.8, 4) is 0 Å². The topological polar surface area (TPSA) is 3.24 Å². The zero-order chi connectivity index (χ0) is 6.53. The number of hydrogen-bond donors (Lipinski definition) is 0. The molecule has 0 unspecified atom stereocenters. The van der Waals surface area contributed by atoms with E-state index in [9.17, 15) is 0 Å². The van der Waals surface area contributed by atoms with Crippen molar-refractivity contribution in [1.82, 2.24) is 4.90 Å². The molecule has 1 heterocycles. The Morgan fingerprint density at radius 1 is 1.00 bits per heavy atom. The monoisotopic (exact) mass is 167 g/mol. The first-order chi connectivity index (χ1) is 4.43. The zero-order valence-corrected chi connectivity index (χ0v) is 6.49. The Bertz CT molecular complexity index is 89.6. The molecule has 0 saturated carbocycles. The maximum absolute atomic E-state index is 4.83. The summed E-state index contributed by atoms with van der Waals surface area (Å²) in [4.78, 5) is 2.24. The van der Waals surface area contributed by atoms with E-state index < -0.39 is 0 Å². The van der Waals surface area contributed by atoms with Crippen LogP contribution in [0.3, 0.4) is 0 Å². The van der Waals surface area contributed by atoms with Crippen LogP contribution in [0, 0.1) is 0 Å². The molecule has 0 bridgehead atoms. The molecule has 54 valence electrons. The van der Waals surface area contributed by atoms with Crippen molar-refractivity contribution >= 4 is 47.3 Å². The Kier molecular flexibility index (Phi) is 7.18. The molecule has 0 amide bonds. The third kappa shape index (κ3) is 3.91. The molecule has 1 aliphatic rings. The van der Waals surface area contributed by atoms with E-state index in [-0.39, 0.29) is 29.6 Å². The van der Waals surface area contributed by atoms with Gasteiger partial charge in [0, 0.05) is 13.1 Å². The van der Waals surface area contributed by atoms with Gasteiger partial charge < -0.3 is 4.90 Å². The molecular weight excluding hydrogens is 153 g/mol. The summed E-state index contributed by atoms with van der Waals surface area (Å²) in [5.41, 5.74) is 1.80. The molecule has 10 heavy (non-hydrogen) atoms. The molecule has 0 atom stereocenters. The maximum atomic E-state index is 4.83. The summed E-state index contributed by atoms with van der Waals surface area (Å²) in [6, 6.07) is 0. The second-order valence-electron chi connectivity index (χ2n) is 2.56. The number of nitrogens with zero attached hydrogens (tertiary/aromatic N) is 1. The van der Waals surface area contributed by atoms with Crippen molar-refractivity contribution in [2.75, 3.05) is 13.1 Å². The molecule has 0 aromatic heterocycles. The minimum absolute atomic E-state index is 0. The summed E-state index contributed by atoms with van der Waals surface area (Å²) in [6.07, 6.45) is 5.43. The Morgan fingerprint density at radius 2 is 1.50 bits per heavy atom. The Labute approximate surface area is 90.5 Å². The number of thiocarbonyl (C=S) groups is 1. The molecule has 0 N–H and O–H groups in total. The summed E-state index contributed by atoms with van der Waals surface area (Å²) >= 11 is 4.83. The molecule has 1 rings (SSSR count). The van der Waals surface area contributed by atoms with Gasteiger partial charge in [-0.2, -0.15) is 0 Å². The molecule has 1 aliphatic heterocycles. The van der Waals surface area contributed by atoms with Crippen molar-refractivity contribution in [3.63, 3.8) is 0 Å². The Balaban J connectivity index is 0.000000810. The number of likely N-dealkylation sites (tertiary alicyclic amines) is 1. The van der Waals surface area contributed by atoms with Gasteiger partial charge in [0.2, 0.25) is 0 Å². The molecule has 0 aromatic carbocycles. The predicted octanol–water partition coefficient (Wildman–Crippen LogP) is 1.17. The van der Waals surface area contributed by atoms with Crippen molar-refractivity contribution < 1.29 is 0 Å². The predicted molar refractivity (Wildman–Crippen MR) is 50.8 cm³/mol. The molecular formula is C7H14NNaS. The standard InChI is InChI=1S/C7H13NS.Na.H/c9-7-8-5-3-1-2-4-6-8;;/h7H,1-6H2;;. The van der Waals surface area contributed by atoms with E-state index in [0.29, 0.717) is 0 Å². The van der Waals surface area contributed by atoms with Gasteiger partial charge in [-0.1, -0.05) is 25.1 Å². The van der Waals surface area contributed by atoms with Crippen LogP contribution in [-0.2, 0) is 0 Å². The van der Waals surface area contributed by atoms with E-state index in [2.05, 4.69) is 4.90 Å². The van der Waals surface area contributed by atoms with Crippen LogP contribution < -0.4 is 0 Å². The third-order valence-electron chi connectivity index (χ3n) is 1.79. The second-order valence-corrected chi connectivity index (χ2v) is 2.77. The molecule has 0 aliphatic carbocycles. The number of hydrogen-bond acceptors (Lipinski definition) is 1. The molecule has 3 heteroatoms. The quantitative estimate of drug-likeness (QED) is 0.426. The van der Waals surface area contributed by atoms with Gasteiger partial charge in [0.15, 0.2) is 0 Å².